The number of nitrogens with zero attached hydrogens (tertiary/aromatic N) is 2. The van der Waals surface area contributed by atoms with E-state index < -0.39 is 0 Å². The first kappa shape index (κ1) is 21.9. The lowest BCUT2D eigenvalue weighted by Gasteiger charge is -2.22. The summed E-state index contributed by atoms with van der Waals surface area (Å²) in [6, 6.07) is 4.92. The van der Waals surface area contributed by atoms with Crippen LogP contribution >= 0.6 is 24.0 Å². The molecule has 0 aliphatic rings. The van der Waals surface area contributed by atoms with Crippen LogP contribution in [0.15, 0.2) is 23.2 Å². The molecule has 0 radical (unpaired) electrons. The zero-order chi connectivity index (χ0) is 16.5. The molecule has 1 aromatic rings. The number of rotatable bonds is 7. The van der Waals surface area contributed by atoms with Crippen LogP contribution in [0.25, 0.3) is 0 Å². The molecule has 1 atom stereocenters. The Morgan fingerprint density at radius 2 is 2.17 bits per heavy atom. The standard InChI is InChI=1S/C16H26FN3O2.HI/c1-5-18-16(19-9-12(2)11-21)20(3)10-13-6-7-15(22-4)14(17)8-13;/h6-8,12,21H,5,9-11H2,1-4H3,(H,18,19);1H. The summed E-state index contributed by atoms with van der Waals surface area (Å²) in [6.45, 7) is 5.85. The minimum atomic E-state index is -0.371. The van der Waals surface area contributed by atoms with Crippen LogP contribution in [0, 0.1) is 11.7 Å². The lowest BCUT2D eigenvalue weighted by molar-refractivity contribution is 0.241. The third-order valence-corrected chi connectivity index (χ3v) is 3.20. The highest BCUT2D eigenvalue weighted by molar-refractivity contribution is 14.0. The zero-order valence-corrected chi connectivity index (χ0v) is 16.5. The molecule has 0 saturated heterocycles. The first-order valence-corrected chi connectivity index (χ1v) is 7.44. The second-order valence-electron chi connectivity index (χ2n) is 5.31. The summed E-state index contributed by atoms with van der Waals surface area (Å²) < 4.78 is 18.7. The monoisotopic (exact) mass is 439 g/mol. The van der Waals surface area contributed by atoms with Gasteiger partial charge in [0.05, 0.1) is 7.11 Å². The van der Waals surface area contributed by atoms with Gasteiger partial charge in [-0.05, 0) is 30.5 Å². The Balaban J connectivity index is 0.00000484. The van der Waals surface area contributed by atoms with Gasteiger partial charge in [-0.25, -0.2) is 4.39 Å². The maximum atomic E-state index is 13.7. The van der Waals surface area contributed by atoms with E-state index in [1.807, 2.05) is 31.9 Å². The lowest BCUT2D eigenvalue weighted by Crippen LogP contribution is -2.38. The Morgan fingerprint density at radius 1 is 1.48 bits per heavy atom. The lowest BCUT2D eigenvalue weighted by atomic mass is 10.2. The number of hydrogen-bond donors (Lipinski definition) is 2. The van der Waals surface area contributed by atoms with Crippen molar-refractivity contribution in [2.24, 2.45) is 10.9 Å². The summed E-state index contributed by atoms with van der Waals surface area (Å²) in [6.07, 6.45) is 0. The van der Waals surface area contributed by atoms with Crippen molar-refractivity contribution in [3.63, 3.8) is 0 Å². The van der Waals surface area contributed by atoms with E-state index >= 15 is 0 Å². The van der Waals surface area contributed by atoms with Crippen molar-refractivity contribution in [1.29, 1.82) is 0 Å². The first-order valence-electron chi connectivity index (χ1n) is 7.44. The number of benzene rings is 1. The van der Waals surface area contributed by atoms with E-state index in [1.54, 1.807) is 6.07 Å². The molecule has 0 spiro atoms. The average Bonchev–Trinajstić information content (AvgIpc) is 2.51. The summed E-state index contributed by atoms with van der Waals surface area (Å²) >= 11 is 0. The van der Waals surface area contributed by atoms with E-state index in [1.165, 1.54) is 13.2 Å². The van der Waals surface area contributed by atoms with Gasteiger partial charge in [0.25, 0.3) is 0 Å². The van der Waals surface area contributed by atoms with Crippen molar-refractivity contribution in [2.45, 2.75) is 20.4 Å². The third-order valence-electron chi connectivity index (χ3n) is 3.20. The number of aliphatic hydroxyl groups excluding tert-OH is 1. The number of nitrogens with one attached hydrogen (secondary N) is 1. The van der Waals surface area contributed by atoms with Gasteiger partial charge in [-0.15, -0.1) is 24.0 Å². The molecule has 132 valence electrons. The van der Waals surface area contributed by atoms with Crippen LogP contribution in [0.4, 0.5) is 4.39 Å². The smallest absolute Gasteiger partial charge is 0.193 e. The highest BCUT2D eigenvalue weighted by Crippen LogP contribution is 2.18. The quantitative estimate of drug-likeness (QED) is 0.390. The topological polar surface area (TPSA) is 57.1 Å². The van der Waals surface area contributed by atoms with Gasteiger partial charge in [0.1, 0.15) is 0 Å². The highest BCUT2D eigenvalue weighted by Gasteiger charge is 2.10. The summed E-state index contributed by atoms with van der Waals surface area (Å²) in [5.74, 6) is 0.715. The molecule has 0 amide bonds. The molecule has 7 heteroatoms. The van der Waals surface area contributed by atoms with Gasteiger partial charge < -0.3 is 20.1 Å². The van der Waals surface area contributed by atoms with Crippen LogP contribution in [0.5, 0.6) is 5.75 Å². The normalized spacial score (nSPS) is 12.3. The van der Waals surface area contributed by atoms with Crippen LogP contribution in [0.3, 0.4) is 0 Å². The predicted molar refractivity (Wildman–Crippen MR) is 102 cm³/mol. The van der Waals surface area contributed by atoms with Crippen LogP contribution in [0.2, 0.25) is 0 Å². The van der Waals surface area contributed by atoms with Gasteiger partial charge in [-0.2, -0.15) is 0 Å². The Kier molecular flexibility index (Phi) is 10.9. The highest BCUT2D eigenvalue weighted by atomic mass is 127. The van der Waals surface area contributed by atoms with E-state index in [-0.39, 0.29) is 48.1 Å². The molecular formula is C16H27FIN3O2. The van der Waals surface area contributed by atoms with Gasteiger partial charge in [0, 0.05) is 33.3 Å². The van der Waals surface area contributed by atoms with Crippen molar-refractivity contribution in [3.8, 4) is 5.75 Å². The summed E-state index contributed by atoms with van der Waals surface area (Å²) in [5.41, 5.74) is 0.835. The fourth-order valence-electron chi connectivity index (χ4n) is 1.93. The molecule has 0 aliphatic heterocycles. The number of guanidine groups is 1. The van der Waals surface area contributed by atoms with E-state index in [0.29, 0.717) is 13.1 Å². The second kappa shape index (κ2) is 11.4. The number of aliphatic hydroxyl groups is 1. The van der Waals surface area contributed by atoms with Crippen molar-refractivity contribution in [2.75, 3.05) is 33.9 Å². The molecule has 0 fully saturated rings. The maximum Gasteiger partial charge on any atom is 0.193 e. The Bertz CT molecular complexity index is 500. The molecule has 0 aliphatic carbocycles. The van der Waals surface area contributed by atoms with Crippen molar-refractivity contribution >= 4 is 29.9 Å². The molecule has 0 saturated carbocycles. The molecule has 1 rings (SSSR count). The summed E-state index contributed by atoms with van der Waals surface area (Å²) in [7, 11) is 3.34. The molecule has 23 heavy (non-hydrogen) atoms. The summed E-state index contributed by atoms with van der Waals surface area (Å²) in [5, 5.41) is 12.3. The number of ether oxygens (including phenoxy) is 1. The van der Waals surface area contributed by atoms with E-state index in [0.717, 1.165) is 18.1 Å². The predicted octanol–water partition coefficient (Wildman–Crippen LogP) is 2.48. The van der Waals surface area contributed by atoms with Gasteiger partial charge >= 0.3 is 0 Å². The van der Waals surface area contributed by atoms with Gasteiger partial charge in [-0.1, -0.05) is 13.0 Å². The van der Waals surface area contributed by atoms with Gasteiger partial charge in [-0.3, -0.25) is 4.99 Å². The Hall–Kier alpha value is -1.09. The maximum absolute atomic E-state index is 13.7. The van der Waals surface area contributed by atoms with Gasteiger partial charge in [0.2, 0.25) is 0 Å². The first-order chi connectivity index (χ1) is 10.5. The van der Waals surface area contributed by atoms with Crippen LogP contribution in [-0.4, -0.2) is 49.8 Å². The minimum absolute atomic E-state index is 0. The number of methoxy groups -OCH3 is 1. The van der Waals surface area contributed by atoms with Crippen molar-refractivity contribution in [1.82, 2.24) is 10.2 Å². The minimum Gasteiger partial charge on any atom is -0.494 e. The Morgan fingerprint density at radius 3 is 2.70 bits per heavy atom. The van der Waals surface area contributed by atoms with Gasteiger partial charge in [0.15, 0.2) is 17.5 Å². The molecule has 0 heterocycles. The fraction of sp³-hybridized carbons (Fsp3) is 0.562. The zero-order valence-electron chi connectivity index (χ0n) is 14.2. The molecular weight excluding hydrogens is 412 g/mol. The molecule has 2 N–H and O–H groups in total. The van der Waals surface area contributed by atoms with Crippen LogP contribution in [0.1, 0.15) is 19.4 Å². The number of hydrogen-bond acceptors (Lipinski definition) is 3. The van der Waals surface area contributed by atoms with Crippen LogP contribution in [-0.2, 0) is 6.54 Å². The SMILES string of the molecule is CCNC(=NCC(C)CO)N(C)Cc1ccc(OC)c(F)c1.I. The van der Waals surface area contributed by atoms with E-state index in [4.69, 9.17) is 9.84 Å². The second-order valence-corrected chi connectivity index (χ2v) is 5.31. The fourth-order valence-corrected chi connectivity index (χ4v) is 1.93. The van der Waals surface area contributed by atoms with E-state index in [9.17, 15) is 4.39 Å². The number of aliphatic imine (C=N–C) groups is 1. The van der Waals surface area contributed by atoms with Crippen LogP contribution < -0.4 is 10.1 Å². The largest absolute Gasteiger partial charge is 0.494 e. The summed E-state index contributed by atoms with van der Waals surface area (Å²) in [4.78, 5) is 6.41. The Labute approximate surface area is 155 Å². The molecule has 1 unspecified atom stereocenters. The molecule has 1 aromatic carbocycles. The van der Waals surface area contributed by atoms with E-state index in [2.05, 4.69) is 10.3 Å². The van der Waals surface area contributed by atoms with Crippen molar-refractivity contribution in [3.05, 3.63) is 29.6 Å². The third kappa shape index (κ3) is 7.34. The van der Waals surface area contributed by atoms with Crippen molar-refractivity contribution < 1.29 is 14.2 Å². The average molecular weight is 439 g/mol. The molecule has 5 nitrogen and oxygen atoms in total. The number of halogens is 2. The molecule has 0 aromatic heterocycles. The molecule has 0 bridgehead atoms.